The average Bonchev–Trinajstić information content (AvgIpc) is 2.96. The normalized spacial score (nSPS) is 10.8. The predicted octanol–water partition coefficient (Wildman–Crippen LogP) is 4.60. The fourth-order valence-electron chi connectivity index (χ4n) is 1.77. The second kappa shape index (κ2) is 5.00. The van der Waals surface area contributed by atoms with E-state index in [1.54, 1.807) is 4.68 Å². The molecular weight excluding hydrogens is 346 g/mol. The van der Waals surface area contributed by atoms with Gasteiger partial charge in [-0.2, -0.15) is 5.10 Å². The minimum absolute atomic E-state index is 0.636. The van der Waals surface area contributed by atoms with Crippen molar-refractivity contribution in [1.82, 2.24) is 9.78 Å². The van der Waals surface area contributed by atoms with Crippen LogP contribution >= 0.6 is 38.9 Å². The van der Waals surface area contributed by atoms with Crippen LogP contribution in [0.15, 0.2) is 46.4 Å². The lowest BCUT2D eigenvalue weighted by Crippen LogP contribution is -1.94. The van der Waals surface area contributed by atoms with Gasteiger partial charge in [0.15, 0.2) is 0 Å². The molecule has 0 aliphatic carbocycles. The van der Waals surface area contributed by atoms with Gasteiger partial charge in [0, 0.05) is 15.4 Å². The third kappa shape index (κ3) is 2.54. The van der Waals surface area contributed by atoms with Gasteiger partial charge in [0.2, 0.25) is 0 Å². The molecule has 0 saturated carbocycles. The van der Waals surface area contributed by atoms with E-state index >= 15 is 0 Å². The Labute approximate surface area is 127 Å². The fourth-order valence-corrected chi connectivity index (χ4v) is 2.90. The molecule has 6 heteroatoms. The highest BCUT2D eigenvalue weighted by molar-refractivity contribution is 9.10. The quantitative estimate of drug-likeness (QED) is 0.731. The molecule has 0 spiro atoms. The first-order chi connectivity index (χ1) is 9.13. The van der Waals surface area contributed by atoms with E-state index < -0.39 is 0 Å². The Kier molecular flexibility index (Phi) is 3.35. The summed E-state index contributed by atoms with van der Waals surface area (Å²) in [6.07, 6.45) is 1.81. The zero-order valence-electron chi connectivity index (χ0n) is 9.68. The number of halogens is 2. The van der Waals surface area contributed by atoms with Crippen LogP contribution in [-0.4, -0.2) is 9.78 Å². The molecule has 1 aromatic carbocycles. The summed E-state index contributed by atoms with van der Waals surface area (Å²) in [7, 11) is 0. The molecule has 0 atom stereocenters. The standard InChI is InChI=1S/C13H9BrClN3S/c14-9-1-3-10(4-2-9)18-6-11(16)13(17-18)8-5-12(15)19-7-8/h1-7H,16H2. The lowest BCUT2D eigenvalue weighted by atomic mass is 10.2. The van der Waals surface area contributed by atoms with Crippen LogP contribution in [0.4, 0.5) is 5.69 Å². The van der Waals surface area contributed by atoms with Gasteiger partial charge in [0.25, 0.3) is 0 Å². The van der Waals surface area contributed by atoms with Crippen molar-refractivity contribution < 1.29 is 0 Å². The highest BCUT2D eigenvalue weighted by Crippen LogP contribution is 2.31. The summed E-state index contributed by atoms with van der Waals surface area (Å²) >= 11 is 10.8. The first-order valence-electron chi connectivity index (χ1n) is 5.49. The Bertz CT molecular complexity index is 718. The third-order valence-electron chi connectivity index (χ3n) is 2.67. The number of nitrogens with zero attached hydrogens (tertiary/aromatic N) is 2. The number of thiophene rings is 1. The molecule has 3 aromatic rings. The Morgan fingerprint density at radius 1 is 1.26 bits per heavy atom. The van der Waals surface area contributed by atoms with Crippen molar-refractivity contribution in [2.45, 2.75) is 0 Å². The maximum atomic E-state index is 6.02. The van der Waals surface area contributed by atoms with E-state index in [4.69, 9.17) is 17.3 Å². The summed E-state index contributed by atoms with van der Waals surface area (Å²) in [6, 6.07) is 9.75. The van der Waals surface area contributed by atoms with Crippen LogP contribution in [0, 0.1) is 0 Å². The minimum atomic E-state index is 0.636. The van der Waals surface area contributed by atoms with Crippen molar-refractivity contribution in [3.63, 3.8) is 0 Å². The van der Waals surface area contributed by atoms with E-state index in [0.717, 1.165) is 25.8 Å². The highest BCUT2D eigenvalue weighted by Gasteiger charge is 2.11. The largest absolute Gasteiger partial charge is 0.396 e. The highest BCUT2D eigenvalue weighted by atomic mass is 79.9. The van der Waals surface area contributed by atoms with Crippen molar-refractivity contribution >= 4 is 44.6 Å². The molecular formula is C13H9BrClN3S. The van der Waals surface area contributed by atoms with E-state index in [1.165, 1.54) is 11.3 Å². The van der Waals surface area contributed by atoms with Crippen LogP contribution in [-0.2, 0) is 0 Å². The van der Waals surface area contributed by atoms with Crippen LogP contribution in [0.25, 0.3) is 16.9 Å². The van der Waals surface area contributed by atoms with Gasteiger partial charge in [-0.3, -0.25) is 0 Å². The molecule has 3 nitrogen and oxygen atoms in total. The number of nitrogens with two attached hydrogens (primary N) is 1. The molecule has 0 amide bonds. The predicted molar refractivity (Wildman–Crippen MR) is 84.0 cm³/mol. The van der Waals surface area contributed by atoms with Crippen LogP contribution in [0.5, 0.6) is 0 Å². The maximum absolute atomic E-state index is 6.02. The van der Waals surface area contributed by atoms with Crippen molar-refractivity contribution in [2.75, 3.05) is 5.73 Å². The third-order valence-corrected chi connectivity index (χ3v) is 4.29. The smallest absolute Gasteiger partial charge is 0.117 e. The Morgan fingerprint density at radius 2 is 2.00 bits per heavy atom. The maximum Gasteiger partial charge on any atom is 0.117 e. The molecule has 2 heterocycles. The van der Waals surface area contributed by atoms with Crippen LogP contribution in [0.2, 0.25) is 4.34 Å². The molecule has 2 N–H and O–H groups in total. The molecule has 96 valence electrons. The van der Waals surface area contributed by atoms with E-state index in [9.17, 15) is 0 Å². The molecule has 0 fully saturated rings. The van der Waals surface area contributed by atoms with Gasteiger partial charge in [0.05, 0.1) is 21.9 Å². The van der Waals surface area contributed by atoms with Crippen LogP contribution in [0.3, 0.4) is 0 Å². The van der Waals surface area contributed by atoms with Gasteiger partial charge >= 0.3 is 0 Å². The van der Waals surface area contributed by atoms with Gasteiger partial charge in [0.1, 0.15) is 5.69 Å². The van der Waals surface area contributed by atoms with Crippen molar-refractivity contribution in [1.29, 1.82) is 0 Å². The van der Waals surface area contributed by atoms with E-state index in [2.05, 4.69) is 21.0 Å². The van der Waals surface area contributed by atoms with Crippen molar-refractivity contribution in [3.8, 4) is 16.9 Å². The van der Waals surface area contributed by atoms with Crippen LogP contribution < -0.4 is 5.73 Å². The molecule has 0 radical (unpaired) electrons. The second-order valence-corrected chi connectivity index (χ2v) is 6.45. The summed E-state index contributed by atoms with van der Waals surface area (Å²) in [5.41, 5.74) is 9.32. The Morgan fingerprint density at radius 3 is 2.63 bits per heavy atom. The zero-order chi connectivity index (χ0) is 13.4. The Balaban J connectivity index is 2.04. The summed E-state index contributed by atoms with van der Waals surface area (Å²) in [6.45, 7) is 0. The minimum Gasteiger partial charge on any atom is -0.396 e. The first-order valence-corrected chi connectivity index (χ1v) is 7.54. The number of nitrogen functional groups attached to an aromatic ring is 1. The second-order valence-electron chi connectivity index (χ2n) is 3.99. The number of rotatable bonds is 2. The molecule has 0 bridgehead atoms. The fraction of sp³-hybridized carbons (Fsp3) is 0. The molecule has 0 unspecified atom stereocenters. The molecule has 0 aliphatic rings. The summed E-state index contributed by atoms with van der Waals surface area (Å²) in [5.74, 6) is 0. The molecule has 0 saturated heterocycles. The summed E-state index contributed by atoms with van der Waals surface area (Å²) in [5, 5.41) is 6.47. The van der Waals surface area contributed by atoms with E-state index in [0.29, 0.717) is 5.69 Å². The monoisotopic (exact) mass is 353 g/mol. The van der Waals surface area contributed by atoms with E-state index in [-0.39, 0.29) is 0 Å². The van der Waals surface area contributed by atoms with Crippen LogP contribution in [0.1, 0.15) is 0 Å². The van der Waals surface area contributed by atoms with E-state index in [1.807, 2.05) is 41.9 Å². The Hall–Kier alpha value is -1.30. The van der Waals surface area contributed by atoms with Gasteiger partial charge in [-0.1, -0.05) is 27.5 Å². The van der Waals surface area contributed by atoms with Gasteiger partial charge < -0.3 is 5.73 Å². The number of hydrogen-bond acceptors (Lipinski definition) is 3. The first kappa shape index (κ1) is 12.7. The molecule has 0 aliphatic heterocycles. The summed E-state index contributed by atoms with van der Waals surface area (Å²) in [4.78, 5) is 0. The lowest BCUT2D eigenvalue weighted by molar-refractivity contribution is 0.884. The van der Waals surface area contributed by atoms with Gasteiger partial charge in [-0.05, 0) is 30.3 Å². The van der Waals surface area contributed by atoms with Gasteiger partial charge in [-0.25, -0.2) is 4.68 Å². The summed E-state index contributed by atoms with van der Waals surface area (Å²) < 4.78 is 3.52. The van der Waals surface area contributed by atoms with Crippen molar-refractivity contribution in [2.24, 2.45) is 0 Å². The lowest BCUT2D eigenvalue weighted by Gasteiger charge is -2.00. The molecule has 19 heavy (non-hydrogen) atoms. The average molecular weight is 355 g/mol. The number of anilines is 1. The number of hydrogen-bond donors (Lipinski definition) is 1. The SMILES string of the molecule is Nc1cn(-c2ccc(Br)cc2)nc1-c1csc(Cl)c1. The van der Waals surface area contributed by atoms with Crippen molar-refractivity contribution in [3.05, 3.63) is 50.7 Å². The zero-order valence-corrected chi connectivity index (χ0v) is 12.8. The number of benzene rings is 1. The number of aromatic nitrogens is 2. The molecule has 3 rings (SSSR count). The topological polar surface area (TPSA) is 43.8 Å². The molecule has 2 aromatic heterocycles. The van der Waals surface area contributed by atoms with Gasteiger partial charge in [-0.15, -0.1) is 11.3 Å².